The molecule has 0 bridgehead atoms. The molecule has 0 aromatic heterocycles. The fourth-order valence-electron chi connectivity index (χ4n) is 1.86. The van der Waals surface area contributed by atoms with Crippen molar-refractivity contribution in [2.75, 3.05) is 12.4 Å². The van der Waals surface area contributed by atoms with Gasteiger partial charge in [-0.2, -0.15) is 0 Å². The summed E-state index contributed by atoms with van der Waals surface area (Å²) in [5.74, 6) is 2.37. The van der Waals surface area contributed by atoms with Gasteiger partial charge in [0.25, 0.3) is 5.91 Å². The van der Waals surface area contributed by atoms with E-state index in [1.54, 1.807) is 25.3 Å². The van der Waals surface area contributed by atoms with Gasteiger partial charge in [-0.1, -0.05) is 24.1 Å². The first kappa shape index (κ1) is 13.9. The van der Waals surface area contributed by atoms with Gasteiger partial charge in [-0.15, -0.1) is 6.42 Å². The lowest BCUT2D eigenvalue weighted by atomic mass is 10.1. The van der Waals surface area contributed by atoms with E-state index in [4.69, 9.17) is 11.2 Å². The van der Waals surface area contributed by atoms with E-state index >= 15 is 0 Å². The summed E-state index contributed by atoms with van der Waals surface area (Å²) in [5, 5.41) is 2.83. The quantitative estimate of drug-likeness (QED) is 0.863. The van der Waals surface area contributed by atoms with Crippen molar-refractivity contribution in [3.8, 4) is 12.3 Å². The second-order valence-corrected chi connectivity index (χ2v) is 4.31. The Morgan fingerprint density at radius 3 is 2.80 bits per heavy atom. The SMILES string of the molecule is C#Cc1cccc(NC(=O)c2cccc(COC)c2)c1. The maximum Gasteiger partial charge on any atom is 0.255 e. The van der Waals surface area contributed by atoms with Crippen molar-refractivity contribution < 1.29 is 9.53 Å². The molecule has 2 rings (SSSR count). The monoisotopic (exact) mass is 265 g/mol. The molecule has 0 saturated carbocycles. The molecule has 0 unspecified atom stereocenters. The van der Waals surface area contributed by atoms with Gasteiger partial charge in [0.05, 0.1) is 6.61 Å². The van der Waals surface area contributed by atoms with E-state index < -0.39 is 0 Å². The van der Waals surface area contributed by atoms with Gasteiger partial charge in [0.1, 0.15) is 0 Å². The molecule has 0 atom stereocenters. The van der Waals surface area contributed by atoms with Gasteiger partial charge < -0.3 is 10.1 Å². The Kier molecular flexibility index (Phi) is 4.54. The molecule has 20 heavy (non-hydrogen) atoms. The van der Waals surface area contributed by atoms with Gasteiger partial charge in [-0.3, -0.25) is 4.79 Å². The Labute approximate surface area is 118 Å². The molecule has 0 radical (unpaired) electrons. The molecule has 0 fully saturated rings. The second-order valence-electron chi connectivity index (χ2n) is 4.31. The Morgan fingerprint density at radius 2 is 2.05 bits per heavy atom. The highest BCUT2D eigenvalue weighted by molar-refractivity contribution is 6.04. The maximum absolute atomic E-state index is 12.2. The van der Waals surface area contributed by atoms with Crippen LogP contribution >= 0.6 is 0 Å². The van der Waals surface area contributed by atoms with E-state index in [9.17, 15) is 4.79 Å². The number of amides is 1. The highest BCUT2D eigenvalue weighted by atomic mass is 16.5. The minimum Gasteiger partial charge on any atom is -0.380 e. The summed E-state index contributed by atoms with van der Waals surface area (Å²) in [4.78, 5) is 12.2. The minimum absolute atomic E-state index is 0.169. The number of hydrogen-bond acceptors (Lipinski definition) is 2. The molecule has 3 nitrogen and oxygen atoms in total. The van der Waals surface area contributed by atoms with Gasteiger partial charge in [-0.25, -0.2) is 0 Å². The molecular formula is C17H15NO2. The Bertz CT molecular complexity index is 656. The number of ether oxygens (including phenoxy) is 1. The Morgan fingerprint density at radius 1 is 1.25 bits per heavy atom. The number of rotatable bonds is 4. The van der Waals surface area contributed by atoms with E-state index in [1.165, 1.54) is 0 Å². The number of benzene rings is 2. The predicted molar refractivity (Wildman–Crippen MR) is 79.5 cm³/mol. The van der Waals surface area contributed by atoms with Crippen LogP contribution in [0.3, 0.4) is 0 Å². The largest absolute Gasteiger partial charge is 0.380 e. The molecule has 0 aliphatic carbocycles. The fraction of sp³-hybridized carbons (Fsp3) is 0.118. The van der Waals surface area contributed by atoms with Crippen molar-refractivity contribution in [1.82, 2.24) is 0 Å². The van der Waals surface area contributed by atoms with Gasteiger partial charge in [0.2, 0.25) is 0 Å². The molecule has 0 saturated heterocycles. The number of carbonyl (C=O) groups is 1. The summed E-state index contributed by atoms with van der Waals surface area (Å²) in [5.41, 5.74) is 2.96. The van der Waals surface area contributed by atoms with Crippen LogP contribution in [-0.4, -0.2) is 13.0 Å². The van der Waals surface area contributed by atoms with Crippen molar-refractivity contribution >= 4 is 11.6 Å². The number of nitrogens with one attached hydrogen (secondary N) is 1. The summed E-state index contributed by atoms with van der Waals surface area (Å²) >= 11 is 0. The number of hydrogen-bond donors (Lipinski definition) is 1. The zero-order valence-corrected chi connectivity index (χ0v) is 11.2. The van der Waals surface area contributed by atoms with Crippen molar-refractivity contribution in [1.29, 1.82) is 0 Å². The van der Waals surface area contributed by atoms with Crippen molar-refractivity contribution in [3.63, 3.8) is 0 Å². The fourth-order valence-corrected chi connectivity index (χ4v) is 1.86. The van der Waals surface area contributed by atoms with Crippen LogP contribution in [0.25, 0.3) is 0 Å². The van der Waals surface area contributed by atoms with Crippen LogP contribution in [0.15, 0.2) is 48.5 Å². The number of carbonyl (C=O) groups excluding carboxylic acids is 1. The molecule has 0 aliphatic rings. The van der Waals surface area contributed by atoms with Gasteiger partial charge in [-0.05, 0) is 35.9 Å². The lowest BCUT2D eigenvalue weighted by Crippen LogP contribution is -2.12. The minimum atomic E-state index is -0.169. The van der Waals surface area contributed by atoms with Crippen LogP contribution in [-0.2, 0) is 11.3 Å². The second kappa shape index (κ2) is 6.55. The molecule has 3 heteroatoms. The van der Waals surface area contributed by atoms with Crippen LogP contribution in [0.4, 0.5) is 5.69 Å². The van der Waals surface area contributed by atoms with Crippen LogP contribution in [0.1, 0.15) is 21.5 Å². The zero-order chi connectivity index (χ0) is 14.4. The van der Waals surface area contributed by atoms with E-state index in [-0.39, 0.29) is 5.91 Å². The maximum atomic E-state index is 12.2. The normalized spacial score (nSPS) is 9.80. The van der Waals surface area contributed by atoms with Crippen LogP contribution in [0.5, 0.6) is 0 Å². The first-order valence-corrected chi connectivity index (χ1v) is 6.19. The molecule has 0 spiro atoms. The van der Waals surface area contributed by atoms with E-state index in [0.717, 1.165) is 11.1 Å². The van der Waals surface area contributed by atoms with Crippen LogP contribution < -0.4 is 5.32 Å². The highest BCUT2D eigenvalue weighted by Crippen LogP contribution is 2.13. The van der Waals surface area contributed by atoms with E-state index in [1.807, 2.05) is 30.3 Å². The summed E-state index contributed by atoms with van der Waals surface area (Å²) < 4.78 is 5.06. The van der Waals surface area contributed by atoms with Crippen LogP contribution in [0, 0.1) is 12.3 Å². The molecular weight excluding hydrogens is 250 g/mol. The first-order chi connectivity index (χ1) is 9.72. The lowest BCUT2D eigenvalue weighted by Gasteiger charge is -2.07. The predicted octanol–water partition coefficient (Wildman–Crippen LogP) is 3.07. The molecule has 100 valence electrons. The number of methoxy groups -OCH3 is 1. The third kappa shape index (κ3) is 3.47. The van der Waals surface area contributed by atoms with Gasteiger partial charge >= 0.3 is 0 Å². The Hall–Kier alpha value is -2.57. The smallest absolute Gasteiger partial charge is 0.255 e. The summed E-state index contributed by atoms with van der Waals surface area (Å²) in [6.45, 7) is 0.480. The lowest BCUT2D eigenvalue weighted by molar-refractivity contribution is 0.102. The van der Waals surface area contributed by atoms with E-state index in [2.05, 4.69) is 11.2 Å². The van der Waals surface area contributed by atoms with Gasteiger partial charge in [0, 0.05) is 23.9 Å². The number of anilines is 1. The third-order valence-electron chi connectivity index (χ3n) is 2.79. The molecule has 1 amide bonds. The standard InChI is InChI=1S/C17H15NO2/c1-3-13-6-5-9-16(11-13)18-17(19)15-8-4-7-14(10-15)12-20-2/h1,4-11H,12H2,2H3,(H,18,19). The van der Waals surface area contributed by atoms with Crippen molar-refractivity contribution in [2.24, 2.45) is 0 Å². The molecule has 1 N–H and O–H groups in total. The molecule has 0 aliphatic heterocycles. The summed E-state index contributed by atoms with van der Waals surface area (Å²) in [6, 6.07) is 14.5. The van der Waals surface area contributed by atoms with Crippen molar-refractivity contribution in [3.05, 3.63) is 65.2 Å². The average molecular weight is 265 g/mol. The average Bonchev–Trinajstić information content (AvgIpc) is 2.48. The number of terminal acetylenes is 1. The highest BCUT2D eigenvalue weighted by Gasteiger charge is 2.07. The molecule has 2 aromatic rings. The summed E-state index contributed by atoms with van der Waals surface area (Å²) in [7, 11) is 1.62. The Balaban J connectivity index is 2.15. The third-order valence-corrected chi connectivity index (χ3v) is 2.79. The first-order valence-electron chi connectivity index (χ1n) is 6.19. The van der Waals surface area contributed by atoms with Gasteiger partial charge in [0.15, 0.2) is 0 Å². The molecule has 2 aromatic carbocycles. The molecule has 0 heterocycles. The summed E-state index contributed by atoms with van der Waals surface area (Å²) in [6.07, 6.45) is 5.34. The topological polar surface area (TPSA) is 38.3 Å². The van der Waals surface area contributed by atoms with E-state index in [0.29, 0.717) is 17.9 Å². The zero-order valence-electron chi connectivity index (χ0n) is 11.2. The van der Waals surface area contributed by atoms with Crippen LogP contribution in [0.2, 0.25) is 0 Å². The van der Waals surface area contributed by atoms with Crippen molar-refractivity contribution in [2.45, 2.75) is 6.61 Å².